The summed E-state index contributed by atoms with van der Waals surface area (Å²) >= 11 is 6.08. The summed E-state index contributed by atoms with van der Waals surface area (Å²) in [5, 5.41) is 13.1. The highest BCUT2D eigenvalue weighted by Gasteiger charge is 2.12. The lowest BCUT2D eigenvalue weighted by atomic mass is 10.2. The van der Waals surface area contributed by atoms with Gasteiger partial charge in [-0.05, 0) is 32.1 Å². The molecule has 0 amide bonds. The Bertz CT molecular complexity index is 615. The van der Waals surface area contributed by atoms with E-state index >= 15 is 0 Å². The minimum atomic E-state index is -0.790. The molecule has 1 heterocycles. The molecule has 0 unspecified atom stereocenters. The number of hydrogen-bond acceptors (Lipinski definition) is 5. The van der Waals surface area contributed by atoms with E-state index in [-0.39, 0.29) is 6.42 Å². The van der Waals surface area contributed by atoms with Crippen LogP contribution in [-0.2, 0) is 11.3 Å². The van der Waals surface area contributed by atoms with Crippen LogP contribution in [0, 0.1) is 0 Å². The van der Waals surface area contributed by atoms with Gasteiger partial charge in [0.15, 0.2) is 0 Å². The average Bonchev–Trinajstić information content (AvgIpc) is 2.87. The monoisotopic (exact) mass is 309 g/mol. The number of benzene rings is 1. The molecule has 1 aromatic carbocycles. The van der Waals surface area contributed by atoms with Gasteiger partial charge in [-0.2, -0.15) is 4.98 Å². The van der Waals surface area contributed by atoms with Crippen LogP contribution in [0.5, 0.6) is 0 Å². The zero-order valence-corrected chi connectivity index (χ0v) is 12.4. The van der Waals surface area contributed by atoms with Crippen LogP contribution in [-0.4, -0.2) is 39.7 Å². The molecule has 0 aliphatic carbocycles. The van der Waals surface area contributed by atoms with Gasteiger partial charge in [0.25, 0.3) is 0 Å². The van der Waals surface area contributed by atoms with Crippen molar-refractivity contribution < 1.29 is 14.4 Å². The Morgan fingerprint density at radius 2 is 2.19 bits per heavy atom. The van der Waals surface area contributed by atoms with Gasteiger partial charge in [-0.1, -0.05) is 28.9 Å². The van der Waals surface area contributed by atoms with E-state index in [9.17, 15) is 4.79 Å². The number of carboxylic acid groups (broad SMARTS) is 1. The van der Waals surface area contributed by atoms with Crippen LogP contribution >= 0.6 is 11.6 Å². The summed E-state index contributed by atoms with van der Waals surface area (Å²) in [6.45, 7) is 1.12. The second kappa shape index (κ2) is 7.19. The molecule has 0 fully saturated rings. The quantitative estimate of drug-likeness (QED) is 0.847. The molecule has 0 atom stereocenters. The zero-order chi connectivity index (χ0) is 15.2. The topological polar surface area (TPSA) is 79.5 Å². The van der Waals surface area contributed by atoms with Gasteiger partial charge >= 0.3 is 5.97 Å². The van der Waals surface area contributed by atoms with E-state index in [2.05, 4.69) is 10.1 Å². The molecule has 1 N–H and O–H groups in total. The van der Waals surface area contributed by atoms with Gasteiger partial charge < -0.3 is 9.63 Å². The Balaban J connectivity index is 1.94. The molecule has 0 saturated heterocycles. The van der Waals surface area contributed by atoms with Gasteiger partial charge in [-0.15, -0.1) is 0 Å². The van der Waals surface area contributed by atoms with Crippen LogP contribution in [0.4, 0.5) is 0 Å². The number of aromatic nitrogens is 2. The maximum Gasteiger partial charge on any atom is 0.303 e. The maximum absolute atomic E-state index is 10.5. The summed E-state index contributed by atoms with van der Waals surface area (Å²) in [7, 11) is 1.88. The van der Waals surface area contributed by atoms with Crippen LogP contribution in [0.1, 0.15) is 18.7 Å². The van der Waals surface area contributed by atoms with Crippen molar-refractivity contribution in [3.63, 3.8) is 0 Å². The minimum absolute atomic E-state index is 0.152. The molecule has 0 aliphatic rings. The molecule has 0 saturated carbocycles. The second-order valence-electron chi connectivity index (χ2n) is 4.73. The lowest BCUT2D eigenvalue weighted by Gasteiger charge is -2.12. The third-order valence-corrected chi connectivity index (χ3v) is 3.25. The van der Waals surface area contributed by atoms with Crippen molar-refractivity contribution in [2.45, 2.75) is 19.4 Å². The third kappa shape index (κ3) is 4.54. The fourth-order valence-corrected chi connectivity index (χ4v) is 2.10. The van der Waals surface area contributed by atoms with Crippen molar-refractivity contribution in [3.05, 3.63) is 35.2 Å². The van der Waals surface area contributed by atoms with Crippen LogP contribution in [0.25, 0.3) is 11.4 Å². The number of aliphatic carboxylic acids is 1. The first-order chi connectivity index (χ1) is 10.1. The van der Waals surface area contributed by atoms with Crippen molar-refractivity contribution >= 4 is 17.6 Å². The molecule has 21 heavy (non-hydrogen) atoms. The van der Waals surface area contributed by atoms with Crippen molar-refractivity contribution in [1.29, 1.82) is 0 Å². The number of halogens is 1. The highest BCUT2D eigenvalue weighted by molar-refractivity contribution is 6.33. The van der Waals surface area contributed by atoms with Gasteiger partial charge in [0, 0.05) is 12.0 Å². The summed E-state index contributed by atoms with van der Waals surface area (Å²) in [5.74, 6) is 0.138. The number of carboxylic acids is 1. The van der Waals surface area contributed by atoms with E-state index < -0.39 is 5.97 Å². The molecule has 1 aromatic heterocycles. The summed E-state index contributed by atoms with van der Waals surface area (Å²) < 4.78 is 5.19. The predicted molar refractivity (Wildman–Crippen MR) is 77.9 cm³/mol. The van der Waals surface area contributed by atoms with E-state index in [1.165, 1.54) is 0 Å². The minimum Gasteiger partial charge on any atom is -0.481 e. The lowest BCUT2D eigenvalue weighted by molar-refractivity contribution is -0.137. The van der Waals surface area contributed by atoms with Gasteiger partial charge in [0.1, 0.15) is 0 Å². The van der Waals surface area contributed by atoms with Crippen molar-refractivity contribution in [1.82, 2.24) is 15.0 Å². The van der Waals surface area contributed by atoms with Crippen molar-refractivity contribution in [2.75, 3.05) is 13.6 Å². The standard InChI is InChI=1S/C14H16ClN3O3/c1-18(8-4-7-13(19)20)9-12-16-14(17-21-12)10-5-2-3-6-11(10)15/h2-3,5-6H,4,7-9H2,1H3,(H,19,20). The Kier molecular flexibility index (Phi) is 5.30. The number of rotatable bonds is 7. The van der Waals surface area contributed by atoms with Gasteiger partial charge in [0.2, 0.25) is 11.7 Å². The van der Waals surface area contributed by atoms with E-state index in [0.717, 1.165) is 5.56 Å². The van der Waals surface area contributed by atoms with Gasteiger partial charge in [-0.3, -0.25) is 9.69 Å². The number of carbonyl (C=O) groups is 1. The molecule has 6 nitrogen and oxygen atoms in total. The number of hydrogen-bond donors (Lipinski definition) is 1. The molecular weight excluding hydrogens is 294 g/mol. The first-order valence-electron chi connectivity index (χ1n) is 6.54. The van der Waals surface area contributed by atoms with Crippen molar-refractivity contribution in [3.8, 4) is 11.4 Å². The van der Waals surface area contributed by atoms with E-state index in [1.807, 2.05) is 30.1 Å². The fourth-order valence-electron chi connectivity index (χ4n) is 1.88. The first kappa shape index (κ1) is 15.5. The van der Waals surface area contributed by atoms with Gasteiger partial charge in [-0.25, -0.2) is 0 Å². The van der Waals surface area contributed by atoms with Crippen LogP contribution < -0.4 is 0 Å². The van der Waals surface area contributed by atoms with E-state index in [0.29, 0.717) is 36.2 Å². The molecule has 2 aromatic rings. The highest BCUT2D eigenvalue weighted by atomic mass is 35.5. The van der Waals surface area contributed by atoms with Crippen LogP contribution in [0.2, 0.25) is 5.02 Å². The zero-order valence-electron chi connectivity index (χ0n) is 11.6. The molecule has 0 spiro atoms. The summed E-state index contributed by atoms with van der Waals surface area (Å²) in [6, 6.07) is 7.29. The second-order valence-corrected chi connectivity index (χ2v) is 5.13. The third-order valence-electron chi connectivity index (χ3n) is 2.92. The van der Waals surface area contributed by atoms with E-state index in [4.69, 9.17) is 21.2 Å². The Morgan fingerprint density at radius 3 is 2.90 bits per heavy atom. The molecule has 0 bridgehead atoms. The summed E-state index contributed by atoms with van der Waals surface area (Å²) in [4.78, 5) is 16.7. The Morgan fingerprint density at radius 1 is 1.43 bits per heavy atom. The van der Waals surface area contributed by atoms with Gasteiger partial charge in [0.05, 0.1) is 11.6 Å². The average molecular weight is 310 g/mol. The fraction of sp³-hybridized carbons (Fsp3) is 0.357. The maximum atomic E-state index is 10.5. The van der Waals surface area contributed by atoms with Crippen molar-refractivity contribution in [2.24, 2.45) is 0 Å². The summed E-state index contributed by atoms with van der Waals surface area (Å²) in [6.07, 6.45) is 0.733. The van der Waals surface area contributed by atoms with E-state index in [1.54, 1.807) is 6.07 Å². The molecule has 2 rings (SSSR count). The van der Waals surface area contributed by atoms with Crippen LogP contribution in [0.3, 0.4) is 0 Å². The molecule has 7 heteroatoms. The molecule has 0 aliphatic heterocycles. The first-order valence-corrected chi connectivity index (χ1v) is 6.92. The Labute approximate surface area is 127 Å². The predicted octanol–water partition coefficient (Wildman–Crippen LogP) is 2.69. The van der Waals surface area contributed by atoms with Crippen LogP contribution in [0.15, 0.2) is 28.8 Å². The Hall–Kier alpha value is -1.92. The molecule has 112 valence electrons. The molecule has 0 radical (unpaired) electrons. The summed E-state index contributed by atoms with van der Waals surface area (Å²) in [5.41, 5.74) is 0.725. The largest absolute Gasteiger partial charge is 0.481 e. The SMILES string of the molecule is CN(CCCC(=O)O)Cc1nc(-c2ccccc2Cl)no1. The smallest absolute Gasteiger partial charge is 0.303 e. The normalized spacial score (nSPS) is 11.0. The highest BCUT2D eigenvalue weighted by Crippen LogP contribution is 2.24. The molecular formula is C14H16ClN3O3. The number of nitrogens with zero attached hydrogens (tertiary/aromatic N) is 3. The lowest BCUT2D eigenvalue weighted by Crippen LogP contribution is -2.20.